The van der Waals surface area contributed by atoms with Gasteiger partial charge in [-0.05, 0) is 37.1 Å². The number of epoxide rings is 1. The van der Waals surface area contributed by atoms with Gasteiger partial charge in [0.1, 0.15) is 12.7 Å². The van der Waals surface area contributed by atoms with Crippen molar-refractivity contribution in [2.75, 3.05) is 13.2 Å². The van der Waals surface area contributed by atoms with E-state index in [4.69, 9.17) is 14.6 Å². The van der Waals surface area contributed by atoms with Crippen molar-refractivity contribution in [1.82, 2.24) is 0 Å². The molecule has 18 heavy (non-hydrogen) atoms. The maximum atomic E-state index is 11.9. The van der Waals surface area contributed by atoms with E-state index in [1.54, 1.807) is 13.8 Å². The van der Waals surface area contributed by atoms with Crippen LogP contribution in [0.4, 0.5) is 0 Å². The fraction of sp³-hybridized carbons (Fsp3) is 0.385. The van der Waals surface area contributed by atoms with Crippen LogP contribution in [0.5, 0.6) is 0 Å². The Kier molecular flexibility index (Phi) is 3.34. The summed E-state index contributed by atoms with van der Waals surface area (Å²) in [6.45, 7) is 4.27. The van der Waals surface area contributed by atoms with E-state index in [0.29, 0.717) is 23.3 Å². The Bertz CT molecular complexity index is 479. The second-order valence-corrected chi connectivity index (χ2v) is 4.34. The maximum Gasteiger partial charge on any atom is 0.338 e. The third-order valence-electron chi connectivity index (χ3n) is 2.79. The van der Waals surface area contributed by atoms with Gasteiger partial charge in [-0.3, -0.25) is 0 Å². The third-order valence-corrected chi connectivity index (χ3v) is 2.79. The Hall–Kier alpha value is -1.88. The summed E-state index contributed by atoms with van der Waals surface area (Å²) in [6.07, 6.45) is 0.0212. The molecule has 1 aliphatic rings. The molecular formula is C13H14O5. The molecule has 1 atom stereocenters. The van der Waals surface area contributed by atoms with Crippen molar-refractivity contribution in [1.29, 1.82) is 0 Å². The van der Waals surface area contributed by atoms with Gasteiger partial charge in [-0.15, -0.1) is 0 Å². The first kappa shape index (κ1) is 12.6. The Balaban J connectivity index is 2.20. The summed E-state index contributed by atoms with van der Waals surface area (Å²) in [5, 5.41) is 8.91. The number of ether oxygens (including phenoxy) is 2. The molecule has 1 aliphatic heterocycles. The number of aromatic carboxylic acids is 1. The van der Waals surface area contributed by atoms with E-state index in [1.807, 2.05) is 0 Å². The Labute approximate surface area is 104 Å². The molecule has 1 aromatic carbocycles. The predicted octanol–water partition coefficient (Wildman–Crippen LogP) is 1.56. The largest absolute Gasteiger partial charge is 0.478 e. The predicted molar refractivity (Wildman–Crippen MR) is 62.9 cm³/mol. The van der Waals surface area contributed by atoms with Crippen molar-refractivity contribution < 1.29 is 24.2 Å². The maximum absolute atomic E-state index is 11.9. The SMILES string of the molecule is Cc1cc(C(=O)O)cc(C)c1C(=O)OCC1CO1. The molecule has 5 heteroatoms. The average molecular weight is 250 g/mol. The number of carboxylic acids is 1. The zero-order valence-electron chi connectivity index (χ0n) is 10.2. The van der Waals surface area contributed by atoms with Crippen LogP contribution in [-0.4, -0.2) is 36.4 Å². The number of aryl methyl sites for hydroxylation is 2. The summed E-state index contributed by atoms with van der Waals surface area (Å²) in [7, 11) is 0. The summed E-state index contributed by atoms with van der Waals surface area (Å²) in [6, 6.07) is 2.94. The van der Waals surface area contributed by atoms with Gasteiger partial charge in [0.2, 0.25) is 0 Å². The van der Waals surface area contributed by atoms with Gasteiger partial charge in [-0.1, -0.05) is 0 Å². The van der Waals surface area contributed by atoms with Gasteiger partial charge in [-0.2, -0.15) is 0 Å². The van der Waals surface area contributed by atoms with Crippen molar-refractivity contribution in [3.63, 3.8) is 0 Å². The first-order chi connectivity index (χ1) is 8.49. The monoisotopic (exact) mass is 250 g/mol. The number of hydrogen-bond acceptors (Lipinski definition) is 4. The number of carboxylic acid groups (broad SMARTS) is 1. The van der Waals surface area contributed by atoms with Crippen LogP contribution in [0.25, 0.3) is 0 Å². The standard InChI is InChI=1S/C13H14O5/c1-7-3-9(12(14)15)4-8(2)11(7)13(16)18-6-10-5-17-10/h3-4,10H,5-6H2,1-2H3,(H,14,15). The lowest BCUT2D eigenvalue weighted by Crippen LogP contribution is -2.13. The van der Waals surface area contributed by atoms with Gasteiger partial charge in [-0.25, -0.2) is 9.59 Å². The molecule has 0 amide bonds. The highest BCUT2D eigenvalue weighted by Gasteiger charge is 2.25. The zero-order valence-corrected chi connectivity index (χ0v) is 10.2. The molecule has 0 saturated carbocycles. The fourth-order valence-corrected chi connectivity index (χ4v) is 1.81. The number of rotatable bonds is 4. The summed E-state index contributed by atoms with van der Waals surface area (Å²) < 4.78 is 10.1. The minimum atomic E-state index is -1.01. The molecule has 5 nitrogen and oxygen atoms in total. The second-order valence-electron chi connectivity index (χ2n) is 4.34. The third kappa shape index (κ3) is 2.68. The van der Waals surface area contributed by atoms with E-state index >= 15 is 0 Å². The van der Waals surface area contributed by atoms with Gasteiger partial charge in [0.15, 0.2) is 0 Å². The molecule has 0 aliphatic carbocycles. The molecule has 1 heterocycles. The number of carbonyl (C=O) groups is 2. The molecule has 1 fully saturated rings. The van der Waals surface area contributed by atoms with Crippen molar-refractivity contribution >= 4 is 11.9 Å². The molecule has 1 unspecified atom stereocenters. The number of hydrogen-bond donors (Lipinski definition) is 1. The molecule has 2 rings (SSSR count). The second kappa shape index (κ2) is 4.78. The highest BCUT2D eigenvalue weighted by atomic mass is 16.6. The lowest BCUT2D eigenvalue weighted by molar-refractivity contribution is 0.0474. The minimum absolute atomic E-state index is 0.0212. The van der Waals surface area contributed by atoms with Gasteiger partial charge >= 0.3 is 11.9 Å². The van der Waals surface area contributed by atoms with Crippen LogP contribution in [0.2, 0.25) is 0 Å². The lowest BCUT2D eigenvalue weighted by atomic mass is 9.99. The molecule has 0 bridgehead atoms. The number of benzene rings is 1. The Morgan fingerprint density at radius 2 is 1.94 bits per heavy atom. The first-order valence-electron chi connectivity index (χ1n) is 5.62. The van der Waals surface area contributed by atoms with Crippen molar-refractivity contribution in [3.8, 4) is 0 Å². The molecule has 1 N–H and O–H groups in total. The van der Waals surface area contributed by atoms with E-state index in [0.717, 1.165) is 0 Å². The molecule has 96 valence electrons. The van der Waals surface area contributed by atoms with E-state index in [1.165, 1.54) is 12.1 Å². The van der Waals surface area contributed by atoms with Crippen LogP contribution in [-0.2, 0) is 9.47 Å². The van der Waals surface area contributed by atoms with Gasteiger partial charge in [0, 0.05) is 0 Å². The van der Waals surface area contributed by atoms with Crippen molar-refractivity contribution in [2.45, 2.75) is 20.0 Å². The van der Waals surface area contributed by atoms with Gasteiger partial charge in [0.05, 0.1) is 17.7 Å². The molecular weight excluding hydrogens is 236 g/mol. The summed E-state index contributed by atoms with van der Waals surface area (Å²) >= 11 is 0. The highest BCUT2D eigenvalue weighted by molar-refractivity contribution is 5.95. The van der Waals surface area contributed by atoms with Crippen LogP contribution >= 0.6 is 0 Å². The molecule has 0 aromatic heterocycles. The topological polar surface area (TPSA) is 76.1 Å². The molecule has 0 radical (unpaired) electrons. The zero-order chi connectivity index (χ0) is 13.3. The van der Waals surface area contributed by atoms with Crippen LogP contribution in [0.1, 0.15) is 31.8 Å². The van der Waals surface area contributed by atoms with Crippen LogP contribution in [0, 0.1) is 13.8 Å². The Morgan fingerprint density at radius 1 is 1.39 bits per heavy atom. The fourth-order valence-electron chi connectivity index (χ4n) is 1.81. The number of esters is 1. The minimum Gasteiger partial charge on any atom is -0.478 e. The molecule has 0 spiro atoms. The van der Waals surface area contributed by atoms with Gasteiger partial charge < -0.3 is 14.6 Å². The highest BCUT2D eigenvalue weighted by Crippen LogP contribution is 2.19. The van der Waals surface area contributed by atoms with Crippen LogP contribution in [0.3, 0.4) is 0 Å². The summed E-state index contributed by atoms with van der Waals surface area (Å²) in [5.41, 5.74) is 1.82. The lowest BCUT2D eigenvalue weighted by Gasteiger charge is -2.10. The smallest absolute Gasteiger partial charge is 0.338 e. The number of carbonyl (C=O) groups excluding carboxylic acids is 1. The van der Waals surface area contributed by atoms with Gasteiger partial charge in [0.25, 0.3) is 0 Å². The summed E-state index contributed by atoms with van der Waals surface area (Å²) in [4.78, 5) is 22.8. The van der Waals surface area contributed by atoms with Crippen molar-refractivity contribution in [2.24, 2.45) is 0 Å². The molecule has 1 aromatic rings. The first-order valence-corrected chi connectivity index (χ1v) is 5.62. The van der Waals surface area contributed by atoms with E-state index in [-0.39, 0.29) is 18.3 Å². The molecule has 1 saturated heterocycles. The normalized spacial score (nSPS) is 17.3. The average Bonchev–Trinajstić information content (AvgIpc) is 3.08. The van der Waals surface area contributed by atoms with E-state index in [2.05, 4.69) is 0 Å². The quantitative estimate of drug-likeness (QED) is 0.648. The van der Waals surface area contributed by atoms with E-state index < -0.39 is 11.9 Å². The van der Waals surface area contributed by atoms with Crippen LogP contribution < -0.4 is 0 Å². The van der Waals surface area contributed by atoms with E-state index in [9.17, 15) is 9.59 Å². The van der Waals surface area contributed by atoms with Crippen LogP contribution in [0.15, 0.2) is 12.1 Å². The van der Waals surface area contributed by atoms with Crippen molar-refractivity contribution in [3.05, 3.63) is 34.4 Å². The summed E-state index contributed by atoms with van der Waals surface area (Å²) in [5.74, 6) is -1.44. The Morgan fingerprint density at radius 3 is 2.39 bits per heavy atom.